The van der Waals surface area contributed by atoms with Gasteiger partial charge in [-0.2, -0.15) is 13.2 Å². The number of aromatic nitrogens is 3. The molecule has 0 atom stereocenters. The number of nitrogens with zero attached hydrogens (tertiary/aromatic N) is 4. The minimum Gasteiger partial charge on any atom is -0.371 e. The predicted octanol–water partition coefficient (Wildman–Crippen LogP) is 7.56. The summed E-state index contributed by atoms with van der Waals surface area (Å²) in [5, 5.41) is 5.31. The van der Waals surface area contributed by atoms with Crippen LogP contribution in [0.15, 0.2) is 59.3 Å². The fourth-order valence-electron chi connectivity index (χ4n) is 6.07. The largest absolute Gasteiger partial charge is 0.434 e. The van der Waals surface area contributed by atoms with Gasteiger partial charge in [-0.1, -0.05) is 17.3 Å². The summed E-state index contributed by atoms with van der Waals surface area (Å²) in [5.41, 5.74) is 4.45. The second kappa shape index (κ2) is 8.41. The van der Waals surface area contributed by atoms with Crippen LogP contribution in [0.3, 0.4) is 0 Å². The number of aryl methyl sites for hydroxylation is 1. The normalized spacial score (nSPS) is 19.1. The Balaban J connectivity index is 1.15. The van der Waals surface area contributed by atoms with E-state index in [1.165, 1.54) is 24.0 Å². The van der Waals surface area contributed by atoms with Gasteiger partial charge < -0.3 is 9.42 Å². The summed E-state index contributed by atoms with van der Waals surface area (Å²) in [6, 6.07) is 13.6. The Morgan fingerprint density at radius 2 is 1.84 bits per heavy atom. The van der Waals surface area contributed by atoms with E-state index in [0.717, 1.165) is 78.7 Å². The molecule has 0 radical (unpaired) electrons. The van der Waals surface area contributed by atoms with E-state index < -0.39 is 11.9 Å². The van der Waals surface area contributed by atoms with Gasteiger partial charge in [0.05, 0.1) is 5.52 Å². The molecule has 0 bridgehead atoms. The van der Waals surface area contributed by atoms with Crippen molar-refractivity contribution >= 4 is 22.2 Å². The zero-order valence-electron chi connectivity index (χ0n) is 21.1. The van der Waals surface area contributed by atoms with Crippen molar-refractivity contribution in [3.63, 3.8) is 0 Å². The number of piperidine rings is 1. The fourth-order valence-corrected chi connectivity index (χ4v) is 6.07. The van der Waals surface area contributed by atoms with Crippen LogP contribution < -0.4 is 4.90 Å². The number of hydrogen-bond acceptors (Lipinski definition) is 5. The van der Waals surface area contributed by atoms with E-state index in [9.17, 15) is 13.2 Å². The molecule has 194 valence electrons. The lowest BCUT2D eigenvalue weighted by Crippen LogP contribution is -2.42. The van der Waals surface area contributed by atoms with Crippen LogP contribution in [0.2, 0.25) is 0 Å². The van der Waals surface area contributed by atoms with E-state index >= 15 is 0 Å². The molecule has 0 amide bonds. The summed E-state index contributed by atoms with van der Waals surface area (Å²) < 4.78 is 47.0. The van der Waals surface area contributed by atoms with Crippen molar-refractivity contribution in [3.8, 4) is 11.3 Å². The lowest BCUT2D eigenvalue weighted by Gasteiger charge is -2.47. The van der Waals surface area contributed by atoms with Gasteiger partial charge in [0.2, 0.25) is 0 Å². The maximum Gasteiger partial charge on any atom is 0.434 e. The van der Waals surface area contributed by atoms with Gasteiger partial charge in [-0.3, -0.25) is 9.97 Å². The van der Waals surface area contributed by atoms with Gasteiger partial charge >= 0.3 is 6.18 Å². The van der Waals surface area contributed by atoms with Crippen LogP contribution in [0, 0.1) is 12.3 Å². The number of pyridine rings is 2. The molecule has 1 saturated carbocycles. The number of benzene rings is 1. The highest BCUT2D eigenvalue weighted by molar-refractivity contribution is 5.85. The molecule has 0 unspecified atom stereocenters. The van der Waals surface area contributed by atoms with Crippen LogP contribution in [0.1, 0.15) is 60.7 Å². The van der Waals surface area contributed by atoms with Crippen molar-refractivity contribution in [2.75, 3.05) is 18.0 Å². The molecule has 8 heteroatoms. The molecule has 7 rings (SSSR count). The summed E-state index contributed by atoms with van der Waals surface area (Å²) in [4.78, 5) is 10.7. The fraction of sp³-hybridized carbons (Fsp3) is 0.367. The number of allylic oxidation sites excluding steroid dienone is 2. The van der Waals surface area contributed by atoms with Crippen molar-refractivity contribution in [2.45, 2.75) is 51.1 Å². The number of halogens is 3. The second-order valence-electron chi connectivity index (χ2n) is 11.0. The molecule has 2 fully saturated rings. The highest BCUT2D eigenvalue weighted by Gasteiger charge is 2.45. The lowest BCUT2D eigenvalue weighted by atomic mass is 9.63. The van der Waals surface area contributed by atoms with Gasteiger partial charge in [0, 0.05) is 53.1 Å². The zero-order chi connectivity index (χ0) is 26.1. The van der Waals surface area contributed by atoms with Crippen LogP contribution >= 0.6 is 0 Å². The standard InChI is InChI=1S/C30H27F3N4O/c1-18-4-5-20-15-22(8-9-24(20)35-18)37-13-10-29(11-14-37)16-21(17-29)25-26(36-38-27(25)19-6-7-19)23-3-2-12-34-28(23)30(31,32)33/h2-5,8-9,12,15-16,19H,6-7,10-11,13-14,17H2,1H3. The molecule has 3 aliphatic rings. The Hall–Kier alpha value is -3.68. The van der Waals surface area contributed by atoms with Crippen molar-refractivity contribution in [2.24, 2.45) is 5.41 Å². The average Bonchev–Trinajstić information content (AvgIpc) is 3.65. The molecule has 2 aliphatic carbocycles. The maximum absolute atomic E-state index is 13.8. The van der Waals surface area contributed by atoms with E-state index in [0.29, 0.717) is 0 Å². The number of hydrogen-bond donors (Lipinski definition) is 0. The summed E-state index contributed by atoms with van der Waals surface area (Å²) >= 11 is 0. The van der Waals surface area contributed by atoms with Crippen LogP contribution in [0.4, 0.5) is 18.9 Å². The molecule has 1 aromatic carbocycles. The van der Waals surface area contributed by atoms with Gasteiger partial charge in [0.15, 0.2) is 5.69 Å². The number of alkyl halides is 3. The Labute approximate surface area is 218 Å². The quantitative estimate of drug-likeness (QED) is 0.280. The van der Waals surface area contributed by atoms with Crippen LogP contribution in [0.25, 0.3) is 27.7 Å². The molecule has 5 nitrogen and oxygen atoms in total. The third-order valence-electron chi connectivity index (χ3n) is 8.28. The van der Waals surface area contributed by atoms with Crippen molar-refractivity contribution in [1.29, 1.82) is 0 Å². The molecule has 1 saturated heterocycles. The monoisotopic (exact) mass is 516 g/mol. The van der Waals surface area contributed by atoms with Gasteiger partial charge in [0.25, 0.3) is 0 Å². The third kappa shape index (κ3) is 3.97. The summed E-state index contributed by atoms with van der Waals surface area (Å²) in [6.45, 7) is 3.86. The van der Waals surface area contributed by atoms with E-state index in [1.54, 1.807) is 0 Å². The van der Waals surface area contributed by atoms with Gasteiger partial charge in [-0.05, 0) is 86.4 Å². The van der Waals surface area contributed by atoms with E-state index in [1.807, 2.05) is 13.0 Å². The molecular weight excluding hydrogens is 489 g/mol. The minimum atomic E-state index is -4.56. The van der Waals surface area contributed by atoms with Gasteiger partial charge in [-0.25, -0.2) is 0 Å². The molecule has 4 aromatic rings. The number of fused-ring (bicyclic) bond motifs is 1. The SMILES string of the molecule is Cc1ccc2cc(N3CCC4(C=C(c5c(-c6cccnc6C(F)(F)F)noc5C5CC5)C4)CC3)ccc2n1. The molecule has 1 spiro atoms. The maximum atomic E-state index is 13.8. The van der Waals surface area contributed by atoms with Gasteiger partial charge in [-0.15, -0.1) is 0 Å². The van der Waals surface area contributed by atoms with Crippen molar-refractivity contribution < 1.29 is 17.7 Å². The van der Waals surface area contributed by atoms with Crippen molar-refractivity contribution in [1.82, 2.24) is 15.1 Å². The number of rotatable bonds is 4. The Morgan fingerprint density at radius 1 is 1.05 bits per heavy atom. The minimum absolute atomic E-state index is 0.0108. The smallest absolute Gasteiger partial charge is 0.371 e. The summed E-state index contributed by atoms with van der Waals surface area (Å²) in [5.74, 6) is 0.971. The molecule has 0 N–H and O–H groups in total. The zero-order valence-corrected chi connectivity index (χ0v) is 21.1. The van der Waals surface area contributed by atoms with E-state index in [2.05, 4.69) is 50.4 Å². The van der Waals surface area contributed by atoms with Gasteiger partial charge in [0.1, 0.15) is 11.5 Å². The Morgan fingerprint density at radius 3 is 2.58 bits per heavy atom. The first-order valence-electron chi connectivity index (χ1n) is 13.2. The predicted molar refractivity (Wildman–Crippen MR) is 140 cm³/mol. The Kier molecular flexibility index (Phi) is 5.19. The second-order valence-corrected chi connectivity index (χ2v) is 11.0. The molecular formula is C30H27F3N4O. The highest BCUT2D eigenvalue weighted by atomic mass is 19.4. The highest BCUT2D eigenvalue weighted by Crippen LogP contribution is 2.56. The summed E-state index contributed by atoms with van der Waals surface area (Å²) in [7, 11) is 0. The van der Waals surface area contributed by atoms with Crippen molar-refractivity contribution in [3.05, 3.63) is 77.4 Å². The van der Waals surface area contributed by atoms with E-state index in [-0.39, 0.29) is 22.6 Å². The molecule has 4 heterocycles. The topological polar surface area (TPSA) is 55.1 Å². The first-order chi connectivity index (χ1) is 18.3. The molecule has 1 aliphatic heterocycles. The summed E-state index contributed by atoms with van der Waals surface area (Å²) in [6.07, 6.45) is 3.68. The average molecular weight is 517 g/mol. The van der Waals surface area contributed by atoms with Crippen LogP contribution in [-0.4, -0.2) is 28.2 Å². The molecule has 3 aromatic heterocycles. The first-order valence-corrected chi connectivity index (χ1v) is 13.2. The van der Waals surface area contributed by atoms with Crippen LogP contribution in [0.5, 0.6) is 0 Å². The van der Waals surface area contributed by atoms with Crippen LogP contribution in [-0.2, 0) is 6.18 Å². The lowest BCUT2D eigenvalue weighted by molar-refractivity contribution is -0.140. The first kappa shape index (κ1) is 23.4. The Bertz CT molecular complexity index is 1580. The molecule has 38 heavy (non-hydrogen) atoms. The third-order valence-corrected chi connectivity index (χ3v) is 8.28. The number of anilines is 1. The van der Waals surface area contributed by atoms with E-state index in [4.69, 9.17) is 4.52 Å².